The highest BCUT2D eigenvalue weighted by molar-refractivity contribution is 5.87. The highest BCUT2D eigenvalue weighted by Crippen LogP contribution is 2.38. The Hall–Kier alpha value is -3.19. The molecule has 2 aliphatic heterocycles. The second kappa shape index (κ2) is 5.65. The lowest BCUT2D eigenvalue weighted by Crippen LogP contribution is -2.44. The van der Waals surface area contributed by atoms with Crippen molar-refractivity contribution in [2.45, 2.75) is 32.1 Å². The number of ether oxygens (including phenoxy) is 1. The summed E-state index contributed by atoms with van der Waals surface area (Å²) in [6, 6.07) is 9.66. The van der Waals surface area contributed by atoms with Gasteiger partial charge in [-0.15, -0.1) is 0 Å². The smallest absolute Gasteiger partial charge is 0.343 e. The van der Waals surface area contributed by atoms with Crippen LogP contribution in [0.5, 0.6) is 0 Å². The Morgan fingerprint density at radius 1 is 1.29 bits per heavy atom. The molecular weight excluding hydrogens is 358 g/mol. The van der Waals surface area contributed by atoms with Crippen LogP contribution in [0.2, 0.25) is 0 Å². The van der Waals surface area contributed by atoms with Crippen LogP contribution in [0.4, 0.5) is 5.69 Å². The zero-order chi connectivity index (χ0) is 19.6. The van der Waals surface area contributed by atoms with Gasteiger partial charge in [0.25, 0.3) is 5.56 Å². The van der Waals surface area contributed by atoms with Gasteiger partial charge < -0.3 is 19.7 Å². The third-order valence-corrected chi connectivity index (χ3v) is 5.80. The number of anilines is 1. The van der Waals surface area contributed by atoms with Crippen LogP contribution in [0.15, 0.2) is 35.1 Å². The summed E-state index contributed by atoms with van der Waals surface area (Å²) in [5.41, 5.74) is 2.70. The number of esters is 1. The van der Waals surface area contributed by atoms with Crippen molar-refractivity contribution in [3.05, 3.63) is 57.4 Å². The molecule has 4 heterocycles. The van der Waals surface area contributed by atoms with Crippen molar-refractivity contribution in [1.82, 2.24) is 9.55 Å². The number of benzene rings is 1. The fourth-order valence-corrected chi connectivity index (χ4v) is 4.14. The first-order chi connectivity index (χ1) is 13.5. The summed E-state index contributed by atoms with van der Waals surface area (Å²) in [7, 11) is 1.86. The fraction of sp³-hybridized carbons (Fsp3) is 0.286. The van der Waals surface area contributed by atoms with Crippen molar-refractivity contribution in [3.8, 4) is 11.4 Å². The number of rotatable bonds is 2. The largest absolute Gasteiger partial charge is 0.458 e. The number of aliphatic hydroxyl groups is 1. The van der Waals surface area contributed by atoms with E-state index < -0.39 is 11.6 Å². The van der Waals surface area contributed by atoms with Crippen LogP contribution < -0.4 is 10.9 Å². The molecule has 0 fully saturated rings. The highest BCUT2D eigenvalue weighted by Gasteiger charge is 2.45. The molecular formula is C21H19N3O4. The van der Waals surface area contributed by atoms with Gasteiger partial charge in [0.05, 0.1) is 29.0 Å². The summed E-state index contributed by atoms with van der Waals surface area (Å²) in [6.07, 6.45) is 0.131. The maximum atomic E-state index is 13.1. The Bertz CT molecular complexity index is 1230. The van der Waals surface area contributed by atoms with Crippen LogP contribution in [-0.2, 0) is 28.3 Å². The average molecular weight is 377 g/mol. The van der Waals surface area contributed by atoms with E-state index in [1.165, 1.54) is 0 Å². The molecule has 0 bridgehead atoms. The number of cyclic esters (lactones) is 1. The molecule has 2 aliphatic rings. The molecule has 3 aromatic rings. The number of nitrogens with zero attached hydrogens (tertiary/aromatic N) is 2. The highest BCUT2D eigenvalue weighted by atomic mass is 16.6. The first-order valence-electron chi connectivity index (χ1n) is 9.25. The first kappa shape index (κ1) is 16.9. The topological polar surface area (TPSA) is 93.5 Å². The predicted octanol–water partition coefficient (Wildman–Crippen LogP) is 2.12. The van der Waals surface area contributed by atoms with Gasteiger partial charge in [-0.1, -0.05) is 6.92 Å². The number of aromatic nitrogens is 2. The maximum Gasteiger partial charge on any atom is 0.343 e. The summed E-state index contributed by atoms with van der Waals surface area (Å²) in [6.45, 7) is 1.98. The lowest BCUT2D eigenvalue weighted by molar-refractivity contribution is -0.172. The van der Waals surface area contributed by atoms with E-state index >= 15 is 0 Å². The minimum absolute atomic E-state index is 0.118. The minimum atomic E-state index is -1.80. The third kappa shape index (κ3) is 2.10. The standard InChI is InChI=1S/C21H19N3O4/c1-3-21(27)15-8-17-18-12(6-11-7-13(22-2)4-5-16(11)23-18)9-24(17)19(25)14(15)10-28-20(21)26/h4-8,22,27H,3,9-10H2,1-2H3/t21-/m0/s1. The van der Waals surface area contributed by atoms with E-state index in [9.17, 15) is 14.7 Å². The summed E-state index contributed by atoms with van der Waals surface area (Å²) < 4.78 is 6.73. The van der Waals surface area contributed by atoms with Crippen LogP contribution in [-0.4, -0.2) is 27.7 Å². The first-order valence-corrected chi connectivity index (χ1v) is 9.25. The minimum Gasteiger partial charge on any atom is -0.458 e. The zero-order valence-electron chi connectivity index (χ0n) is 15.6. The SMILES string of the molecule is CC[C@@]1(O)C(=O)OCc2c1cc1n(c2=O)Cc2cc3cc(NC)ccc3nc2-1. The summed E-state index contributed by atoms with van der Waals surface area (Å²) >= 11 is 0. The molecule has 7 nitrogen and oxygen atoms in total. The quantitative estimate of drug-likeness (QED) is 0.520. The molecule has 0 amide bonds. The Kier molecular flexibility index (Phi) is 3.42. The predicted molar refractivity (Wildman–Crippen MR) is 104 cm³/mol. The van der Waals surface area contributed by atoms with Crippen LogP contribution in [0.25, 0.3) is 22.3 Å². The third-order valence-electron chi connectivity index (χ3n) is 5.80. The van der Waals surface area contributed by atoms with E-state index in [1.54, 1.807) is 17.6 Å². The van der Waals surface area contributed by atoms with Crippen LogP contribution in [0, 0.1) is 0 Å². The number of hydrogen-bond donors (Lipinski definition) is 2. The molecule has 0 saturated heterocycles. The number of hydrogen-bond acceptors (Lipinski definition) is 6. The molecule has 2 aromatic heterocycles. The monoisotopic (exact) mass is 377 g/mol. The van der Waals surface area contributed by atoms with Crippen LogP contribution >= 0.6 is 0 Å². The van der Waals surface area contributed by atoms with Gasteiger partial charge in [-0.05, 0) is 36.8 Å². The van der Waals surface area contributed by atoms with Gasteiger partial charge in [0, 0.05) is 29.2 Å². The average Bonchev–Trinajstić information content (AvgIpc) is 3.07. The molecule has 1 atom stereocenters. The van der Waals surface area contributed by atoms with Crippen molar-refractivity contribution in [2.24, 2.45) is 0 Å². The van der Waals surface area contributed by atoms with E-state index in [-0.39, 0.29) is 18.6 Å². The second-order valence-corrected chi connectivity index (χ2v) is 7.26. The molecule has 2 N–H and O–H groups in total. The number of carbonyl (C=O) groups excluding carboxylic acids is 1. The molecule has 0 unspecified atom stereocenters. The van der Waals surface area contributed by atoms with Gasteiger partial charge in [-0.3, -0.25) is 4.79 Å². The van der Waals surface area contributed by atoms with Gasteiger partial charge in [-0.25, -0.2) is 9.78 Å². The number of pyridine rings is 2. The van der Waals surface area contributed by atoms with Gasteiger partial charge in [-0.2, -0.15) is 0 Å². The molecule has 0 radical (unpaired) electrons. The van der Waals surface area contributed by atoms with Crippen molar-refractivity contribution < 1.29 is 14.6 Å². The Labute approximate surface area is 160 Å². The summed E-state index contributed by atoms with van der Waals surface area (Å²) in [4.78, 5) is 30.1. The van der Waals surface area contributed by atoms with Gasteiger partial charge in [0.15, 0.2) is 5.60 Å². The molecule has 142 valence electrons. The number of carbonyl (C=O) groups is 1. The second-order valence-electron chi connectivity index (χ2n) is 7.26. The Morgan fingerprint density at radius 2 is 2.11 bits per heavy atom. The number of nitrogens with one attached hydrogen (secondary N) is 1. The van der Waals surface area contributed by atoms with Crippen molar-refractivity contribution in [2.75, 3.05) is 12.4 Å². The molecule has 1 aromatic carbocycles. The molecule has 28 heavy (non-hydrogen) atoms. The molecule has 5 rings (SSSR count). The summed E-state index contributed by atoms with van der Waals surface area (Å²) in [5.74, 6) is -0.712. The summed E-state index contributed by atoms with van der Waals surface area (Å²) in [5, 5.41) is 15.0. The van der Waals surface area contributed by atoms with E-state index in [2.05, 4.69) is 5.32 Å². The molecule has 0 aliphatic carbocycles. The number of fused-ring (bicyclic) bond motifs is 5. The Balaban J connectivity index is 1.76. The van der Waals surface area contributed by atoms with Gasteiger partial charge >= 0.3 is 5.97 Å². The van der Waals surface area contributed by atoms with Crippen LogP contribution in [0.3, 0.4) is 0 Å². The molecule has 0 spiro atoms. The van der Waals surface area contributed by atoms with E-state index in [0.29, 0.717) is 29.1 Å². The Morgan fingerprint density at radius 3 is 2.86 bits per heavy atom. The maximum absolute atomic E-state index is 13.1. The van der Waals surface area contributed by atoms with Crippen molar-refractivity contribution in [3.63, 3.8) is 0 Å². The fourth-order valence-electron chi connectivity index (χ4n) is 4.14. The molecule has 0 saturated carbocycles. The van der Waals surface area contributed by atoms with Gasteiger partial charge in [0.2, 0.25) is 0 Å². The van der Waals surface area contributed by atoms with Crippen molar-refractivity contribution in [1.29, 1.82) is 0 Å². The normalized spacial score (nSPS) is 19.8. The van der Waals surface area contributed by atoms with Gasteiger partial charge in [0.1, 0.15) is 6.61 Å². The molecule has 7 heteroatoms. The van der Waals surface area contributed by atoms with E-state index in [1.807, 2.05) is 31.3 Å². The van der Waals surface area contributed by atoms with E-state index in [0.717, 1.165) is 22.2 Å². The lowest BCUT2D eigenvalue weighted by atomic mass is 9.86. The zero-order valence-corrected chi connectivity index (χ0v) is 15.6. The van der Waals surface area contributed by atoms with E-state index in [4.69, 9.17) is 9.72 Å². The lowest BCUT2D eigenvalue weighted by Gasteiger charge is -2.31. The van der Waals surface area contributed by atoms with Crippen LogP contribution in [0.1, 0.15) is 30.0 Å². The van der Waals surface area contributed by atoms with Crippen molar-refractivity contribution >= 4 is 22.6 Å².